The molecule has 3 rings (SSSR count). The zero-order valence-electron chi connectivity index (χ0n) is 23.3. The predicted molar refractivity (Wildman–Crippen MR) is 148 cm³/mol. The smallest absolute Gasteiger partial charge is 0.338 e. The summed E-state index contributed by atoms with van der Waals surface area (Å²) in [5.41, 5.74) is 0.0416. The van der Waals surface area contributed by atoms with Crippen LogP contribution in [0.2, 0.25) is 0 Å². The monoisotopic (exact) mass is 568 g/mol. The number of aromatic hydroxyl groups is 1. The van der Waals surface area contributed by atoms with Crippen molar-refractivity contribution in [1.82, 2.24) is 5.32 Å². The molecule has 41 heavy (non-hydrogen) atoms. The van der Waals surface area contributed by atoms with Gasteiger partial charge in [-0.3, -0.25) is 14.4 Å². The van der Waals surface area contributed by atoms with Gasteiger partial charge in [0, 0.05) is 0 Å². The lowest BCUT2D eigenvalue weighted by molar-refractivity contribution is -0.160. The van der Waals surface area contributed by atoms with Gasteiger partial charge < -0.3 is 30.0 Å². The van der Waals surface area contributed by atoms with Crippen LogP contribution in [-0.4, -0.2) is 59.7 Å². The summed E-state index contributed by atoms with van der Waals surface area (Å²) in [5.74, 6) is -4.58. The highest BCUT2D eigenvalue weighted by atomic mass is 16.6. The van der Waals surface area contributed by atoms with E-state index in [2.05, 4.69) is 17.6 Å². The number of amides is 2. The molecule has 2 aromatic rings. The van der Waals surface area contributed by atoms with Gasteiger partial charge in [0.05, 0.1) is 22.7 Å². The van der Waals surface area contributed by atoms with Gasteiger partial charge in [0.15, 0.2) is 17.9 Å². The van der Waals surface area contributed by atoms with Crippen molar-refractivity contribution in [3.8, 4) is 5.75 Å². The Hall–Kier alpha value is -4.41. The van der Waals surface area contributed by atoms with Crippen LogP contribution in [0.5, 0.6) is 5.75 Å². The van der Waals surface area contributed by atoms with Crippen LogP contribution in [0.1, 0.15) is 73.6 Å². The van der Waals surface area contributed by atoms with E-state index in [-0.39, 0.29) is 16.8 Å². The number of rotatable bonds is 11. The molecule has 220 valence electrons. The minimum Gasteiger partial charge on any atom is -0.505 e. The van der Waals surface area contributed by atoms with Crippen LogP contribution in [0.15, 0.2) is 48.5 Å². The highest BCUT2D eigenvalue weighted by molar-refractivity contribution is 6.01. The zero-order valence-corrected chi connectivity index (χ0v) is 23.3. The Morgan fingerprint density at radius 3 is 2.34 bits per heavy atom. The molecule has 0 aromatic heterocycles. The molecule has 1 saturated heterocycles. The van der Waals surface area contributed by atoms with Crippen molar-refractivity contribution < 1.29 is 43.3 Å². The SMILES string of the molecule is CCCCCC[C@H]1C(=O)O[C@H](C)[C@H](NC(=O)c2cccc(NC=O)c2O)C(=O)O[C@@H](C)[C@@H]1OC(=O)c1ccccc1. The Bertz CT molecular complexity index is 1230. The van der Waals surface area contributed by atoms with Crippen LogP contribution in [0.3, 0.4) is 0 Å². The molecule has 11 heteroatoms. The van der Waals surface area contributed by atoms with Crippen LogP contribution in [0, 0.1) is 5.92 Å². The molecular weight excluding hydrogens is 532 g/mol. The molecule has 0 saturated carbocycles. The van der Waals surface area contributed by atoms with Gasteiger partial charge in [-0.25, -0.2) is 9.59 Å². The lowest BCUT2D eigenvalue weighted by Gasteiger charge is -2.29. The number of carbonyl (C=O) groups is 5. The molecule has 1 aliphatic heterocycles. The molecule has 11 nitrogen and oxygen atoms in total. The second-order valence-electron chi connectivity index (χ2n) is 9.89. The third-order valence-corrected chi connectivity index (χ3v) is 6.89. The standard InChI is InChI=1S/C30H36N2O9/c1-4-5-6-10-14-22-26(41-28(36)20-12-8-7-9-13-20)19(3)40-30(38)24(18(2)39-29(22)37)32-27(35)21-15-11-16-23(25(21)34)31-17-33/h7-9,11-13,15-19,22,24,26,34H,4-6,10,14H2,1-3H3,(H,31,33)(H,32,35)/t18-,19+,22-,24+,26+/m1/s1. The first kappa shape index (κ1) is 31.1. The number of hydrogen-bond donors (Lipinski definition) is 3. The number of carbonyl (C=O) groups excluding carboxylic acids is 5. The number of unbranched alkanes of at least 4 members (excludes halogenated alkanes) is 3. The molecule has 0 unspecified atom stereocenters. The van der Waals surface area contributed by atoms with E-state index in [9.17, 15) is 29.1 Å². The third kappa shape index (κ3) is 8.06. The van der Waals surface area contributed by atoms with E-state index < -0.39 is 59.8 Å². The second kappa shape index (κ2) is 14.8. The summed E-state index contributed by atoms with van der Waals surface area (Å²) < 4.78 is 17.1. The quantitative estimate of drug-likeness (QED) is 0.121. The third-order valence-electron chi connectivity index (χ3n) is 6.89. The normalized spacial score (nSPS) is 22.7. The number of benzene rings is 2. The van der Waals surface area contributed by atoms with Crippen molar-refractivity contribution in [2.75, 3.05) is 5.32 Å². The number of anilines is 1. The Morgan fingerprint density at radius 2 is 1.66 bits per heavy atom. The van der Waals surface area contributed by atoms with Crippen molar-refractivity contribution in [3.05, 3.63) is 59.7 Å². The largest absolute Gasteiger partial charge is 0.505 e. The molecule has 2 amide bonds. The fourth-order valence-corrected chi connectivity index (χ4v) is 4.63. The number of hydrogen-bond acceptors (Lipinski definition) is 9. The molecular formula is C30H36N2O9. The number of ether oxygens (including phenoxy) is 3. The van der Waals surface area contributed by atoms with Gasteiger partial charge in [0.2, 0.25) is 6.41 Å². The van der Waals surface area contributed by atoms with E-state index in [0.717, 1.165) is 19.3 Å². The zero-order chi connectivity index (χ0) is 29.9. The summed E-state index contributed by atoms with van der Waals surface area (Å²) in [6.07, 6.45) is 0.771. The molecule has 1 heterocycles. The topological polar surface area (TPSA) is 157 Å². The van der Waals surface area contributed by atoms with E-state index in [4.69, 9.17) is 14.2 Å². The van der Waals surface area contributed by atoms with Gasteiger partial charge in [-0.2, -0.15) is 0 Å². The molecule has 0 radical (unpaired) electrons. The maximum atomic E-state index is 13.5. The Morgan fingerprint density at radius 1 is 0.951 bits per heavy atom. The van der Waals surface area contributed by atoms with Crippen molar-refractivity contribution in [2.24, 2.45) is 5.92 Å². The second-order valence-corrected chi connectivity index (χ2v) is 9.89. The molecule has 5 atom stereocenters. The van der Waals surface area contributed by atoms with Crippen LogP contribution in [0.25, 0.3) is 0 Å². The van der Waals surface area contributed by atoms with Gasteiger partial charge in [0.25, 0.3) is 5.91 Å². The molecule has 3 N–H and O–H groups in total. The van der Waals surface area contributed by atoms with E-state index >= 15 is 0 Å². The van der Waals surface area contributed by atoms with Crippen molar-refractivity contribution in [3.63, 3.8) is 0 Å². The maximum absolute atomic E-state index is 13.5. The minimum absolute atomic E-state index is 0.00761. The highest BCUT2D eigenvalue weighted by Gasteiger charge is 2.44. The minimum atomic E-state index is -1.44. The van der Waals surface area contributed by atoms with Crippen LogP contribution in [-0.2, 0) is 28.6 Å². The van der Waals surface area contributed by atoms with Gasteiger partial charge in [-0.05, 0) is 44.5 Å². The summed E-state index contributed by atoms with van der Waals surface area (Å²) in [6, 6.07) is 10.9. The number of phenols is 1. The van der Waals surface area contributed by atoms with Gasteiger partial charge in [-0.1, -0.05) is 56.9 Å². The van der Waals surface area contributed by atoms with Crippen molar-refractivity contribution >= 4 is 35.9 Å². The summed E-state index contributed by atoms with van der Waals surface area (Å²) in [4.78, 5) is 63.6. The van der Waals surface area contributed by atoms with E-state index in [0.29, 0.717) is 19.3 Å². The average molecular weight is 569 g/mol. The first-order chi connectivity index (χ1) is 19.7. The Balaban J connectivity index is 1.88. The van der Waals surface area contributed by atoms with Gasteiger partial charge >= 0.3 is 17.9 Å². The number of phenolic OH excluding ortho intramolecular Hbond substituents is 1. The van der Waals surface area contributed by atoms with E-state index in [1.165, 1.54) is 32.0 Å². The number of nitrogens with one attached hydrogen (secondary N) is 2. The van der Waals surface area contributed by atoms with Crippen molar-refractivity contribution in [2.45, 2.75) is 77.2 Å². The molecule has 1 aliphatic rings. The Kier molecular flexibility index (Phi) is 11.3. The summed E-state index contributed by atoms with van der Waals surface area (Å²) in [7, 11) is 0. The van der Waals surface area contributed by atoms with Crippen LogP contribution in [0.4, 0.5) is 5.69 Å². The van der Waals surface area contributed by atoms with Gasteiger partial charge in [0.1, 0.15) is 12.2 Å². The first-order valence-corrected chi connectivity index (χ1v) is 13.7. The maximum Gasteiger partial charge on any atom is 0.338 e. The average Bonchev–Trinajstić information content (AvgIpc) is 2.98. The molecule has 1 fully saturated rings. The summed E-state index contributed by atoms with van der Waals surface area (Å²) in [5, 5.41) is 15.2. The fraction of sp³-hybridized carbons (Fsp3) is 0.433. The summed E-state index contributed by atoms with van der Waals surface area (Å²) in [6.45, 7) is 5.01. The molecule has 0 spiro atoms. The first-order valence-electron chi connectivity index (χ1n) is 13.7. The number of cyclic esters (lactones) is 2. The molecule has 0 bridgehead atoms. The lowest BCUT2D eigenvalue weighted by atomic mass is 9.92. The van der Waals surface area contributed by atoms with Crippen molar-refractivity contribution in [1.29, 1.82) is 0 Å². The molecule has 0 aliphatic carbocycles. The van der Waals surface area contributed by atoms with E-state index in [1.54, 1.807) is 30.3 Å². The molecule has 2 aromatic carbocycles. The Labute approximate surface area is 238 Å². The van der Waals surface area contributed by atoms with Crippen LogP contribution < -0.4 is 10.6 Å². The lowest BCUT2D eigenvalue weighted by Crippen LogP contribution is -2.50. The van der Waals surface area contributed by atoms with E-state index in [1.807, 2.05) is 0 Å². The van der Waals surface area contributed by atoms with Crippen LogP contribution >= 0.6 is 0 Å². The number of esters is 3. The number of para-hydroxylation sites is 1. The highest BCUT2D eigenvalue weighted by Crippen LogP contribution is 2.29. The van der Waals surface area contributed by atoms with Gasteiger partial charge in [-0.15, -0.1) is 0 Å². The summed E-state index contributed by atoms with van der Waals surface area (Å²) >= 11 is 0. The fourth-order valence-electron chi connectivity index (χ4n) is 4.63. The predicted octanol–water partition coefficient (Wildman–Crippen LogP) is 3.75.